The quantitative estimate of drug-likeness (QED) is 0.227. The maximum absolute atomic E-state index is 12.6. The first-order chi connectivity index (χ1) is 21.4. The normalized spacial score (nSPS) is 20.8. The van der Waals surface area contributed by atoms with E-state index in [0.29, 0.717) is 18.8 Å². The summed E-state index contributed by atoms with van der Waals surface area (Å²) in [6.45, 7) is 4.72. The number of hydrogen-bond donors (Lipinski definition) is 1. The molecule has 1 N–H and O–H groups in total. The fourth-order valence-corrected chi connectivity index (χ4v) is 7.52. The fraction of sp³-hybridized carbons (Fsp3) is 0.231. The molecule has 1 aliphatic carbocycles. The van der Waals surface area contributed by atoms with E-state index in [-0.39, 0.29) is 0 Å². The Kier molecular flexibility index (Phi) is 5.88. The van der Waals surface area contributed by atoms with E-state index in [4.69, 9.17) is 18.9 Å². The van der Waals surface area contributed by atoms with Gasteiger partial charge in [0.1, 0.15) is 17.1 Å². The Hall–Kier alpha value is -4.74. The maximum atomic E-state index is 12.6. The van der Waals surface area contributed by atoms with E-state index >= 15 is 0 Å². The molecule has 0 saturated carbocycles. The van der Waals surface area contributed by atoms with E-state index in [0.717, 1.165) is 78.9 Å². The first-order valence-corrected chi connectivity index (χ1v) is 15.2. The van der Waals surface area contributed by atoms with Crippen LogP contribution in [-0.4, -0.2) is 25.9 Å². The Bertz CT molecular complexity index is 1990. The zero-order valence-corrected chi connectivity index (χ0v) is 25.4. The highest BCUT2D eigenvalue weighted by Crippen LogP contribution is 2.60. The highest BCUT2D eigenvalue weighted by molar-refractivity contribution is 6.11. The lowest BCUT2D eigenvalue weighted by Gasteiger charge is -2.38. The van der Waals surface area contributed by atoms with Crippen molar-refractivity contribution in [3.63, 3.8) is 0 Å². The minimum atomic E-state index is -1.17. The number of aryl methyl sites for hydroxylation is 1. The van der Waals surface area contributed by atoms with E-state index in [9.17, 15) is 5.11 Å². The summed E-state index contributed by atoms with van der Waals surface area (Å²) in [7, 11) is 3.36. The number of methoxy groups -OCH3 is 2. The van der Waals surface area contributed by atoms with Crippen molar-refractivity contribution in [3.8, 4) is 34.1 Å². The third-order valence-corrected chi connectivity index (χ3v) is 9.74. The highest BCUT2D eigenvalue weighted by atomic mass is 16.5. The van der Waals surface area contributed by atoms with Gasteiger partial charge >= 0.3 is 0 Å². The molecule has 0 radical (unpaired) electrons. The van der Waals surface area contributed by atoms with Gasteiger partial charge < -0.3 is 24.1 Å². The van der Waals surface area contributed by atoms with Crippen LogP contribution < -0.4 is 18.9 Å². The molecule has 0 spiro atoms. The molecule has 0 bridgehead atoms. The van der Waals surface area contributed by atoms with Crippen molar-refractivity contribution in [2.45, 2.75) is 37.9 Å². The molecule has 8 rings (SSSR count). The van der Waals surface area contributed by atoms with Gasteiger partial charge in [0.05, 0.1) is 20.8 Å². The smallest absolute Gasteiger partial charge is 0.178 e. The predicted molar refractivity (Wildman–Crippen MR) is 173 cm³/mol. The van der Waals surface area contributed by atoms with Gasteiger partial charge in [0, 0.05) is 45.0 Å². The largest absolute Gasteiger partial charge is 0.497 e. The molecule has 0 fully saturated rings. The molecule has 220 valence electrons. The van der Waals surface area contributed by atoms with Crippen LogP contribution in [0.4, 0.5) is 0 Å². The summed E-state index contributed by atoms with van der Waals surface area (Å²) in [6, 6.07) is 26.9. The second-order valence-corrected chi connectivity index (χ2v) is 11.9. The summed E-state index contributed by atoms with van der Waals surface area (Å²) in [5.41, 5.74) is 6.98. The average Bonchev–Trinajstić information content (AvgIpc) is 3.67. The summed E-state index contributed by atoms with van der Waals surface area (Å²) in [4.78, 5) is 0. The number of benzene rings is 5. The molecule has 2 atom stereocenters. The summed E-state index contributed by atoms with van der Waals surface area (Å²) in [5, 5.41) is 14.6. The van der Waals surface area contributed by atoms with E-state index in [1.807, 2.05) is 31.2 Å². The summed E-state index contributed by atoms with van der Waals surface area (Å²) in [6.07, 6.45) is 5.57. The lowest BCUT2D eigenvalue weighted by atomic mass is 9.79. The first-order valence-electron chi connectivity index (χ1n) is 15.2. The van der Waals surface area contributed by atoms with E-state index in [1.165, 1.54) is 5.56 Å². The molecular formula is C39H34O5. The maximum Gasteiger partial charge on any atom is 0.178 e. The second kappa shape index (κ2) is 9.63. The van der Waals surface area contributed by atoms with Crippen LogP contribution in [0.2, 0.25) is 0 Å². The number of ether oxygens (including phenoxy) is 4. The monoisotopic (exact) mass is 582 g/mol. The molecule has 0 amide bonds. The molecule has 2 unspecified atom stereocenters. The van der Waals surface area contributed by atoms with Crippen LogP contribution in [0.25, 0.3) is 28.0 Å². The Morgan fingerprint density at radius 3 is 2.32 bits per heavy atom. The Labute approximate surface area is 257 Å². The van der Waals surface area contributed by atoms with Gasteiger partial charge in [-0.05, 0) is 54.3 Å². The molecular weight excluding hydrogens is 548 g/mol. The van der Waals surface area contributed by atoms with Crippen LogP contribution in [0.15, 0.2) is 84.9 Å². The zero-order chi connectivity index (χ0) is 30.2. The highest BCUT2D eigenvalue weighted by Gasteiger charge is 2.47. The Morgan fingerprint density at radius 1 is 0.886 bits per heavy atom. The summed E-state index contributed by atoms with van der Waals surface area (Å²) < 4.78 is 25.0. The van der Waals surface area contributed by atoms with Gasteiger partial charge in [0.25, 0.3) is 0 Å². The summed E-state index contributed by atoms with van der Waals surface area (Å²) in [5.74, 6) is 2.97. The molecule has 0 saturated heterocycles. The van der Waals surface area contributed by atoms with Crippen LogP contribution in [0, 0.1) is 6.92 Å². The SMILES string of the molecule is CCC1(O)c2ccccc2-c2c1c1c(c3cc(OC)c4c(c23)CCO4)OC(c2ccc(C)cc2)(c2ccc(OC)cc2)C=C1. The molecule has 5 nitrogen and oxygen atoms in total. The van der Waals surface area contributed by atoms with Crippen molar-refractivity contribution in [1.82, 2.24) is 0 Å². The molecule has 5 aromatic carbocycles. The minimum Gasteiger partial charge on any atom is -0.497 e. The molecule has 44 heavy (non-hydrogen) atoms. The van der Waals surface area contributed by atoms with Crippen LogP contribution in [-0.2, 0) is 17.6 Å². The van der Waals surface area contributed by atoms with Crippen molar-refractivity contribution >= 4 is 16.8 Å². The molecule has 2 heterocycles. The van der Waals surface area contributed by atoms with Gasteiger partial charge in [0.15, 0.2) is 17.1 Å². The van der Waals surface area contributed by atoms with Crippen LogP contribution in [0.5, 0.6) is 23.0 Å². The molecule has 0 aromatic heterocycles. The topological polar surface area (TPSA) is 57.2 Å². The first kappa shape index (κ1) is 26.9. The van der Waals surface area contributed by atoms with Gasteiger partial charge in [0.2, 0.25) is 0 Å². The van der Waals surface area contributed by atoms with Crippen molar-refractivity contribution < 1.29 is 24.1 Å². The van der Waals surface area contributed by atoms with Crippen molar-refractivity contribution in [2.75, 3.05) is 20.8 Å². The molecule has 5 heteroatoms. The summed E-state index contributed by atoms with van der Waals surface area (Å²) >= 11 is 0. The predicted octanol–water partition coefficient (Wildman–Crippen LogP) is 8.08. The van der Waals surface area contributed by atoms with E-state index in [1.54, 1.807) is 14.2 Å². The third-order valence-electron chi connectivity index (χ3n) is 9.74. The molecule has 3 aliphatic rings. The second-order valence-electron chi connectivity index (χ2n) is 11.9. The number of hydrogen-bond acceptors (Lipinski definition) is 5. The van der Waals surface area contributed by atoms with E-state index in [2.05, 4.69) is 73.7 Å². The fourth-order valence-electron chi connectivity index (χ4n) is 7.52. The van der Waals surface area contributed by atoms with Crippen LogP contribution in [0.3, 0.4) is 0 Å². The number of aliphatic hydroxyl groups is 1. The standard InChI is InChI=1S/C39H34O5/c1-5-38(40)31-9-7-6-8-27(31)34-33-28-19-21-43-37(28)32(42-4)22-30(33)36-29(35(34)38)18-20-39(44-36,24-12-10-23(2)11-13-24)25-14-16-26(41-3)17-15-25/h6-18,20,22,40H,5,19,21H2,1-4H3. The lowest BCUT2D eigenvalue weighted by Crippen LogP contribution is -2.35. The van der Waals surface area contributed by atoms with Gasteiger partial charge in [-0.15, -0.1) is 0 Å². The third kappa shape index (κ3) is 3.50. The van der Waals surface area contributed by atoms with Crippen molar-refractivity contribution in [3.05, 3.63) is 124 Å². The van der Waals surface area contributed by atoms with Gasteiger partial charge in [-0.25, -0.2) is 0 Å². The van der Waals surface area contributed by atoms with Gasteiger partial charge in [-0.2, -0.15) is 0 Å². The Morgan fingerprint density at radius 2 is 1.61 bits per heavy atom. The van der Waals surface area contributed by atoms with Crippen LogP contribution in [0.1, 0.15) is 52.3 Å². The lowest BCUT2D eigenvalue weighted by molar-refractivity contribution is 0.0801. The van der Waals surface area contributed by atoms with Gasteiger partial charge in [-0.1, -0.05) is 79.2 Å². The van der Waals surface area contributed by atoms with Crippen LogP contribution >= 0.6 is 0 Å². The molecule has 2 aliphatic heterocycles. The minimum absolute atomic E-state index is 0.527. The molecule has 5 aromatic rings. The van der Waals surface area contributed by atoms with Crippen molar-refractivity contribution in [2.24, 2.45) is 0 Å². The van der Waals surface area contributed by atoms with Crippen molar-refractivity contribution in [1.29, 1.82) is 0 Å². The average molecular weight is 583 g/mol. The zero-order valence-electron chi connectivity index (χ0n) is 25.4. The van der Waals surface area contributed by atoms with Gasteiger partial charge in [-0.3, -0.25) is 0 Å². The van der Waals surface area contributed by atoms with E-state index < -0.39 is 11.2 Å². The number of rotatable bonds is 5. The Balaban J connectivity index is 1.50. The number of fused-ring (bicyclic) bond motifs is 10.